The predicted molar refractivity (Wildman–Crippen MR) is 95.9 cm³/mol. The smallest absolute Gasteiger partial charge is 0.522 e. The molecule has 4 rings (SSSR count). The summed E-state index contributed by atoms with van der Waals surface area (Å²) in [6.45, 7) is 1.93. The van der Waals surface area contributed by atoms with E-state index in [1.807, 2.05) is 0 Å². The van der Waals surface area contributed by atoms with E-state index in [0.29, 0.717) is 25.8 Å². The van der Waals surface area contributed by atoms with Crippen LogP contribution in [0.25, 0.3) is 0 Å². The lowest BCUT2D eigenvalue weighted by Gasteiger charge is -2.44. The summed E-state index contributed by atoms with van der Waals surface area (Å²) in [6.07, 6.45) is 1.65. The number of ether oxygens (including phenoxy) is 1. The number of aryl methyl sites for hydroxylation is 1. The second kappa shape index (κ2) is 7.03. The number of carbonyl (C=O) groups is 2. The van der Waals surface area contributed by atoms with Crippen LogP contribution in [0.5, 0.6) is 11.5 Å². The highest BCUT2D eigenvalue weighted by molar-refractivity contribution is 6.44. The molecule has 144 valence electrons. The molecular weight excluding hydrogens is 353 g/mol. The Morgan fingerprint density at radius 2 is 2.15 bits per heavy atom. The van der Waals surface area contributed by atoms with E-state index in [4.69, 9.17) is 15.1 Å². The summed E-state index contributed by atoms with van der Waals surface area (Å²) in [6, 6.07) is 3.11. The van der Waals surface area contributed by atoms with E-state index in [1.165, 1.54) is 0 Å². The normalized spacial score (nSPS) is 25.4. The number of carboxylic acids is 1. The van der Waals surface area contributed by atoms with E-state index in [1.54, 1.807) is 12.1 Å². The molecule has 0 unspecified atom stereocenters. The molecule has 3 heterocycles. The lowest BCUT2D eigenvalue weighted by atomic mass is 9.78. The minimum absolute atomic E-state index is 0.0447. The van der Waals surface area contributed by atoms with Gasteiger partial charge in [-0.1, -0.05) is 6.07 Å². The molecule has 1 amide bonds. The third kappa shape index (κ3) is 3.35. The number of hydrogen-bond donors (Lipinski definition) is 4. The summed E-state index contributed by atoms with van der Waals surface area (Å²) in [7, 11) is -1.01. The maximum absolute atomic E-state index is 11.8. The van der Waals surface area contributed by atoms with Gasteiger partial charge in [0, 0.05) is 19.1 Å². The van der Waals surface area contributed by atoms with Crippen molar-refractivity contribution in [3.8, 4) is 11.5 Å². The molecular formula is C17H22BN3O6. The molecule has 0 aliphatic carbocycles. The number of nitrogens with zero attached hydrogens (tertiary/aromatic N) is 1. The standard InChI is InChI=1S/C17H22BN3O6/c19-16(22)14-11(4-6-20-14)21-7-10(8-21)26-12-2-1-9-3-5-18(25)27-15(9)13(12)17(23)24/h1-2,10-11,14,20,25H,3-8H2,(H2,19,22)(H,23,24)/t11-,14+/m1/s1. The van der Waals surface area contributed by atoms with E-state index < -0.39 is 13.1 Å². The fourth-order valence-electron chi connectivity index (χ4n) is 4.08. The maximum Gasteiger partial charge on any atom is 0.522 e. The van der Waals surface area contributed by atoms with E-state index in [2.05, 4.69) is 10.2 Å². The van der Waals surface area contributed by atoms with Crippen LogP contribution in [0.3, 0.4) is 0 Å². The molecule has 0 saturated carbocycles. The summed E-state index contributed by atoms with van der Waals surface area (Å²) in [5.74, 6) is -1.10. The number of aromatic carboxylic acids is 1. The van der Waals surface area contributed by atoms with Gasteiger partial charge in [0.1, 0.15) is 29.2 Å². The highest BCUT2D eigenvalue weighted by Crippen LogP contribution is 2.37. The van der Waals surface area contributed by atoms with Crippen LogP contribution >= 0.6 is 0 Å². The van der Waals surface area contributed by atoms with E-state index in [0.717, 1.165) is 18.5 Å². The van der Waals surface area contributed by atoms with Crippen LogP contribution in [-0.4, -0.2) is 71.8 Å². The average Bonchev–Trinajstić information content (AvgIpc) is 3.06. The van der Waals surface area contributed by atoms with Crippen LogP contribution < -0.4 is 20.4 Å². The van der Waals surface area contributed by atoms with Gasteiger partial charge < -0.3 is 30.6 Å². The number of carboxylic acid groups (broad SMARTS) is 1. The average molecular weight is 375 g/mol. The Kier molecular flexibility index (Phi) is 4.71. The second-order valence-electron chi connectivity index (χ2n) is 7.23. The topological polar surface area (TPSA) is 134 Å². The van der Waals surface area contributed by atoms with Gasteiger partial charge in [-0.15, -0.1) is 0 Å². The molecule has 27 heavy (non-hydrogen) atoms. The fourth-order valence-corrected chi connectivity index (χ4v) is 4.08. The number of amides is 1. The van der Waals surface area contributed by atoms with Crippen molar-refractivity contribution in [2.45, 2.75) is 37.3 Å². The Morgan fingerprint density at radius 3 is 2.85 bits per heavy atom. The summed E-state index contributed by atoms with van der Waals surface area (Å²) >= 11 is 0. The Labute approximate surface area is 156 Å². The molecule has 0 radical (unpaired) electrons. The van der Waals surface area contributed by atoms with Gasteiger partial charge in [0.15, 0.2) is 0 Å². The van der Waals surface area contributed by atoms with Crippen molar-refractivity contribution >= 4 is 19.0 Å². The van der Waals surface area contributed by atoms with Crippen LogP contribution in [0.2, 0.25) is 6.32 Å². The SMILES string of the molecule is NC(=O)[C@H]1NCC[C@H]1N1CC(Oc2ccc3c(c2C(=O)O)OB(O)CC3)C1. The minimum atomic E-state index is -1.15. The molecule has 2 fully saturated rings. The lowest BCUT2D eigenvalue weighted by molar-refractivity contribution is -0.122. The number of rotatable bonds is 5. The first-order chi connectivity index (χ1) is 12.9. The van der Waals surface area contributed by atoms with Crippen molar-refractivity contribution in [1.82, 2.24) is 10.2 Å². The molecule has 1 aromatic carbocycles. The van der Waals surface area contributed by atoms with Gasteiger partial charge in [-0.3, -0.25) is 9.69 Å². The quantitative estimate of drug-likeness (QED) is 0.486. The van der Waals surface area contributed by atoms with Crippen molar-refractivity contribution < 1.29 is 29.1 Å². The Bertz CT molecular complexity index is 769. The molecule has 2 saturated heterocycles. The highest BCUT2D eigenvalue weighted by Gasteiger charge is 2.42. The number of hydrogen-bond acceptors (Lipinski definition) is 7. The van der Waals surface area contributed by atoms with E-state index in [-0.39, 0.29) is 41.2 Å². The first-order valence-electron chi connectivity index (χ1n) is 9.11. The van der Waals surface area contributed by atoms with Crippen LogP contribution in [0.1, 0.15) is 22.3 Å². The summed E-state index contributed by atoms with van der Waals surface area (Å²) in [5, 5.41) is 22.4. The van der Waals surface area contributed by atoms with Crippen molar-refractivity contribution in [2.24, 2.45) is 5.73 Å². The Balaban J connectivity index is 1.46. The molecule has 3 aliphatic rings. The third-order valence-corrected chi connectivity index (χ3v) is 5.46. The minimum Gasteiger partial charge on any atom is -0.535 e. The zero-order valence-electron chi connectivity index (χ0n) is 14.8. The van der Waals surface area contributed by atoms with Gasteiger partial charge in [-0.25, -0.2) is 4.79 Å². The second-order valence-corrected chi connectivity index (χ2v) is 7.23. The summed E-state index contributed by atoms with van der Waals surface area (Å²) in [4.78, 5) is 25.4. The summed E-state index contributed by atoms with van der Waals surface area (Å²) < 4.78 is 11.3. The Morgan fingerprint density at radius 1 is 1.37 bits per heavy atom. The van der Waals surface area contributed by atoms with Crippen LogP contribution in [0.15, 0.2) is 12.1 Å². The van der Waals surface area contributed by atoms with Gasteiger partial charge in [0.05, 0.1) is 0 Å². The predicted octanol–water partition coefficient (Wildman–Crippen LogP) is -0.921. The Hall–Kier alpha value is -2.30. The molecule has 2 atom stereocenters. The third-order valence-electron chi connectivity index (χ3n) is 5.46. The number of likely N-dealkylation sites (tertiary alicyclic amines) is 1. The maximum atomic E-state index is 11.8. The first-order valence-corrected chi connectivity index (χ1v) is 9.11. The monoisotopic (exact) mass is 375 g/mol. The van der Waals surface area contributed by atoms with Gasteiger partial charge in [0.2, 0.25) is 5.91 Å². The largest absolute Gasteiger partial charge is 0.535 e. The van der Waals surface area contributed by atoms with Crippen LogP contribution in [0, 0.1) is 0 Å². The molecule has 10 heteroatoms. The van der Waals surface area contributed by atoms with Gasteiger partial charge >= 0.3 is 13.1 Å². The number of nitrogens with one attached hydrogen (secondary N) is 1. The zero-order valence-corrected chi connectivity index (χ0v) is 14.8. The van der Waals surface area contributed by atoms with Crippen molar-refractivity contribution in [3.63, 3.8) is 0 Å². The molecule has 0 aromatic heterocycles. The molecule has 9 nitrogen and oxygen atoms in total. The summed E-state index contributed by atoms with van der Waals surface area (Å²) in [5.41, 5.74) is 6.13. The van der Waals surface area contributed by atoms with Gasteiger partial charge in [0.25, 0.3) is 0 Å². The number of fused-ring (bicyclic) bond motifs is 1. The molecule has 0 bridgehead atoms. The number of benzene rings is 1. The number of primary amides is 1. The van der Waals surface area contributed by atoms with Gasteiger partial charge in [-0.05, 0) is 37.3 Å². The molecule has 0 spiro atoms. The van der Waals surface area contributed by atoms with E-state index in [9.17, 15) is 19.7 Å². The van der Waals surface area contributed by atoms with Crippen molar-refractivity contribution in [2.75, 3.05) is 19.6 Å². The van der Waals surface area contributed by atoms with Crippen molar-refractivity contribution in [3.05, 3.63) is 23.3 Å². The van der Waals surface area contributed by atoms with Crippen molar-refractivity contribution in [1.29, 1.82) is 0 Å². The molecule has 5 N–H and O–H groups in total. The zero-order chi connectivity index (χ0) is 19.1. The highest BCUT2D eigenvalue weighted by atomic mass is 16.5. The molecule has 3 aliphatic heterocycles. The fraction of sp³-hybridized carbons (Fsp3) is 0.529. The van der Waals surface area contributed by atoms with Crippen LogP contribution in [0.4, 0.5) is 0 Å². The van der Waals surface area contributed by atoms with E-state index >= 15 is 0 Å². The van der Waals surface area contributed by atoms with Gasteiger partial charge in [-0.2, -0.15) is 0 Å². The van der Waals surface area contributed by atoms with Crippen LogP contribution in [-0.2, 0) is 11.2 Å². The molecule has 1 aromatic rings. The first kappa shape index (κ1) is 18.1. The lowest BCUT2D eigenvalue weighted by Crippen LogP contribution is -2.62. The number of nitrogens with two attached hydrogens (primary N) is 1. The number of carbonyl (C=O) groups excluding carboxylic acids is 1.